The predicted molar refractivity (Wildman–Crippen MR) is 96.4 cm³/mol. The second-order valence-corrected chi connectivity index (χ2v) is 8.72. The minimum atomic E-state index is -3.64. The summed E-state index contributed by atoms with van der Waals surface area (Å²) in [5, 5.41) is 15.3. The molecule has 1 unspecified atom stereocenters. The van der Waals surface area contributed by atoms with Crippen molar-refractivity contribution in [3.63, 3.8) is 0 Å². The number of nitrogens with zero attached hydrogens (tertiary/aromatic N) is 4. The molecule has 0 bridgehead atoms. The van der Waals surface area contributed by atoms with Gasteiger partial charge in [0.15, 0.2) is 9.84 Å². The van der Waals surface area contributed by atoms with E-state index in [0.29, 0.717) is 22.2 Å². The topological polar surface area (TPSA) is 89.8 Å². The molecule has 0 spiro atoms. The molecule has 1 aromatic heterocycles. The second kappa shape index (κ2) is 5.61. The Labute approximate surface area is 158 Å². The third kappa shape index (κ3) is 2.46. The molecule has 0 saturated carbocycles. The van der Waals surface area contributed by atoms with Crippen LogP contribution in [0.15, 0.2) is 52.9 Å². The Kier molecular flexibility index (Phi) is 3.40. The molecule has 7 nitrogen and oxygen atoms in total. The number of tetrazole rings is 1. The predicted octanol–water partition coefficient (Wildman–Crippen LogP) is 2.68. The Morgan fingerprint density at radius 1 is 1.19 bits per heavy atom. The maximum absolute atomic E-state index is 13.9. The van der Waals surface area contributed by atoms with Gasteiger partial charge in [0.25, 0.3) is 0 Å². The molecular formula is C17H11ClFN5O2S. The van der Waals surface area contributed by atoms with Gasteiger partial charge in [-0.15, -0.1) is 0 Å². The van der Waals surface area contributed by atoms with Crippen molar-refractivity contribution in [3.05, 3.63) is 70.0 Å². The molecule has 0 saturated heterocycles. The van der Waals surface area contributed by atoms with Crippen LogP contribution in [0.4, 0.5) is 10.3 Å². The lowest BCUT2D eigenvalue weighted by Crippen LogP contribution is -2.32. The molecule has 10 heteroatoms. The minimum absolute atomic E-state index is 0.0888. The van der Waals surface area contributed by atoms with Crippen LogP contribution < -0.4 is 5.32 Å². The average Bonchev–Trinajstić information content (AvgIpc) is 3.09. The smallest absolute Gasteiger partial charge is 0.248 e. The Hall–Kier alpha value is -2.78. The Bertz CT molecular complexity index is 1220. The highest BCUT2D eigenvalue weighted by Gasteiger charge is 2.39. The van der Waals surface area contributed by atoms with Crippen LogP contribution in [-0.2, 0) is 9.84 Å². The van der Waals surface area contributed by atoms with Gasteiger partial charge in [0.05, 0.1) is 16.3 Å². The maximum atomic E-state index is 13.9. The first-order valence-corrected chi connectivity index (χ1v) is 10.0. The van der Waals surface area contributed by atoms with Gasteiger partial charge in [-0.3, -0.25) is 0 Å². The zero-order valence-electron chi connectivity index (χ0n) is 13.6. The van der Waals surface area contributed by atoms with Crippen molar-refractivity contribution >= 4 is 33.1 Å². The van der Waals surface area contributed by atoms with Crippen LogP contribution in [0.25, 0.3) is 5.70 Å². The van der Waals surface area contributed by atoms with Crippen molar-refractivity contribution in [2.75, 3.05) is 11.1 Å². The molecule has 2 aromatic carbocycles. The molecule has 1 atom stereocenters. The fraction of sp³-hybridized carbons (Fsp3) is 0.118. The first-order chi connectivity index (χ1) is 12.9. The van der Waals surface area contributed by atoms with Crippen molar-refractivity contribution < 1.29 is 12.8 Å². The average molecular weight is 404 g/mol. The molecule has 0 fully saturated rings. The van der Waals surface area contributed by atoms with Gasteiger partial charge in [0.2, 0.25) is 5.95 Å². The molecule has 27 heavy (non-hydrogen) atoms. The summed E-state index contributed by atoms with van der Waals surface area (Å²) in [7, 11) is -3.64. The number of halogens is 2. The van der Waals surface area contributed by atoms with E-state index in [1.165, 1.54) is 16.8 Å². The van der Waals surface area contributed by atoms with Crippen molar-refractivity contribution in [1.82, 2.24) is 20.2 Å². The Balaban J connectivity index is 1.80. The Morgan fingerprint density at radius 3 is 2.74 bits per heavy atom. The standard InChI is InChI=1S/C17H11ClFN5O2S/c18-10-3-1-9(2-4-10)16-13-8-27(25,26)14-6-5-11(19)7-12(14)15(13)20-17-21-22-23-24(16)17/h1-7,16H,8H2,(H,20,21,23). The van der Waals surface area contributed by atoms with E-state index in [0.717, 1.165) is 11.6 Å². The van der Waals surface area contributed by atoms with Gasteiger partial charge in [0, 0.05) is 10.6 Å². The molecule has 2 aliphatic heterocycles. The number of hydrogen-bond donors (Lipinski definition) is 1. The van der Waals surface area contributed by atoms with Crippen molar-refractivity contribution in [1.29, 1.82) is 0 Å². The first kappa shape index (κ1) is 16.4. The maximum Gasteiger partial charge on any atom is 0.248 e. The summed E-state index contributed by atoms with van der Waals surface area (Å²) in [6.45, 7) is 0. The molecule has 1 N–H and O–H groups in total. The van der Waals surface area contributed by atoms with E-state index in [4.69, 9.17) is 11.6 Å². The molecule has 0 radical (unpaired) electrons. The van der Waals surface area contributed by atoms with E-state index in [1.54, 1.807) is 24.3 Å². The van der Waals surface area contributed by atoms with Crippen LogP contribution >= 0.6 is 11.6 Å². The van der Waals surface area contributed by atoms with E-state index in [9.17, 15) is 12.8 Å². The molecular weight excluding hydrogens is 393 g/mol. The third-order valence-electron chi connectivity index (χ3n) is 4.70. The van der Waals surface area contributed by atoms with Gasteiger partial charge in [-0.05, 0) is 51.9 Å². The zero-order valence-corrected chi connectivity index (χ0v) is 15.2. The molecule has 2 aliphatic rings. The van der Waals surface area contributed by atoms with Gasteiger partial charge in [-0.2, -0.15) is 4.68 Å². The number of anilines is 1. The summed E-state index contributed by atoms with van der Waals surface area (Å²) in [4.78, 5) is 0.0888. The van der Waals surface area contributed by atoms with Crippen LogP contribution in [0.2, 0.25) is 5.02 Å². The van der Waals surface area contributed by atoms with E-state index in [1.807, 2.05) is 0 Å². The summed E-state index contributed by atoms with van der Waals surface area (Å²) in [5.74, 6) is -0.392. The van der Waals surface area contributed by atoms with E-state index < -0.39 is 21.7 Å². The van der Waals surface area contributed by atoms with Gasteiger partial charge in [-0.25, -0.2) is 12.8 Å². The number of sulfone groups is 1. The summed E-state index contributed by atoms with van der Waals surface area (Å²) in [6, 6.07) is 10.1. The minimum Gasteiger partial charge on any atom is -0.322 e. The largest absolute Gasteiger partial charge is 0.322 e. The van der Waals surface area contributed by atoms with Crippen LogP contribution in [-0.4, -0.2) is 34.4 Å². The van der Waals surface area contributed by atoms with Crippen molar-refractivity contribution in [2.45, 2.75) is 10.9 Å². The van der Waals surface area contributed by atoms with Gasteiger partial charge in [0.1, 0.15) is 11.9 Å². The fourth-order valence-electron chi connectivity index (χ4n) is 3.56. The van der Waals surface area contributed by atoms with Crippen LogP contribution in [0.1, 0.15) is 17.2 Å². The van der Waals surface area contributed by atoms with Crippen LogP contribution in [0.5, 0.6) is 0 Å². The lowest BCUT2D eigenvalue weighted by atomic mass is 9.93. The lowest BCUT2D eigenvalue weighted by molar-refractivity contribution is 0.553. The van der Waals surface area contributed by atoms with Crippen molar-refractivity contribution in [3.8, 4) is 0 Å². The van der Waals surface area contributed by atoms with Crippen LogP contribution in [0, 0.1) is 5.82 Å². The summed E-state index contributed by atoms with van der Waals surface area (Å²) < 4.78 is 41.1. The monoisotopic (exact) mass is 403 g/mol. The third-order valence-corrected chi connectivity index (χ3v) is 6.67. The fourth-order valence-corrected chi connectivity index (χ4v) is 5.32. The molecule has 136 valence electrons. The lowest BCUT2D eigenvalue weighted by Gasteiger charge is -2.33. The number of nitrogens with one attached hydrogen (secondary N) is 1. The SMILES string of the molecule is O=S1(=O)CC2=C(Nc3nnnn3C2c2ccc(Cl)cc2)c2cc(F)ccc21. The Morgan fingerprint density at radius 2 is 1.96 bits per heavy atom. The molecule has 3 heterocycles. The highest BCUT2D eigenvalue weighted by atomic mass is 35.5. The normalized spacial score (nSPS) is 19.7. The second-order valence-electron chi connectivity index (χ2n) is 6.33. The van der Waals surface area contributed by atoms with Crippen LogP contribution in [0.3, 0.4) is 0 Å². The van der Waals surface area contributed by atoms with Gasteiger partial charge in [-0.1, -0.05) is 28.8 Å². The summed E-state index contributed by atoms with van der Waals surface area (Å²) in [5.41, 5.74) is 2.12. The van der Waals surface area contributed by atoms with Crippen molar-refractivity contribution in [2.24, 2.45) is 0 Å². The summed E-state index contributed by atoms with van der Waals surface area (Å²) >= 11 is 5.99. The zero-order chi connectivity index (χ0) is 18.8. The number of benzene rings is 2. The molecule has 3 aromatic rings. The van der Waals surface area contributed by atoms with Gasteiger partial charge >= 0.3 is 0 Å². The highest BCUT2D eigenvalue weighted by Crippen LogP contribution is 2.44. The van der Waals surface area contributed by atoms with E-state index >= 15 is 0 Å². The van der Waals surface area contributed by atoms with E-state index in [-0.39, 0.29) is 16.2 Å². The summed E-state index contributed by atoms with van der Waals surface area (Å²) in [6.07, 6.45) is 0. The number of hydrogen-bond acceptors (Lipinski definition) is 6. The first-order valence-electron chi connectivity index (χ1n) is 8.00. The highest BCUT2D eigenvalue weighted by molar-refractivity contribution is 7.91. The number of aromatic nitrogens is 4. The number of fused-ring (bicyclic) bond motifs is 3. The molecule has 5 rings (SSSR count). The molecule has 0 aliphatic carbocycles. The van der Waals surface area contributed by atoms with E-state index in [2.05, 4.69) is 20.8 Å². The quantitative estimate of drug-likeness (QED) is 0.628. The molecule has 0 amide bonds. The number of rotatable bonds is 1. The van der Waals surface area contributed by atoms with Gasteiger partial charge < -0.3 is 5.32 Å².